The van der Waals surface area contributed by atoms with Crippen molar-refractivity contribution in [2.24, 2.45) is 0 Å². The minimum absolute atomic E-state index is 0.728. The van der Waals surface area contributed by atoms with Crippen molar-refractivity contribution < 1.29 is 9.47 Å². The Kier molecular flexibility index (Phi) is 6.17. The number of para-hydroxylation sites is 1. The summed E-state index contributed by atoms with van der Waals surface area (Å²) in [5.41, 5.74) is 2.28. The van der Waals surface area contributed by atoms with Gasteiger partial charge in [-0.3, -0.25) is 0 Å². The SMILES string of the molecule is COCCNCc1sc(Cc2ccccc2OC)nc1C. The van der Waals surface area contributed by atoms with Crippen LogP contribution in [0.25, 0.3) is 0 Å². The molecule has 4 nitrogen and oxygen atoms in total. The van der Waals surface area contributed by atoms with E-state index in [1.54, 1.807) is 25.6 Å². The second-order valence-corrected chi connectivity index (χ2v) is 5.94. The van der Waals surface area contributed by atoms with Crippen LogP contribution < -0.4 is 10.1 Å². The Morgan fingerprint density at radius 1 is 1.24 bits per heavy atom. The molecule has 0 aliphatic heterocycles. The lowest BCUT2D eigenvalue weighted by Crippen LogP contribution is -2.18. The number of aryl methyl sites for hydroxylation is 1. The number of nitrogens with one attached hydrogen (secondary N) is 1. The molecular weight excluding hydrogens is 284 g/mol. The molecule has 0 bridgehead atoms. The summed E-state index contributed by atoms with van der Waals surface area (Å²) in [5.74, 6) is 0.921. The Hall–Kier alpha value is -1.43. The van der Waals surface area contributed by atoms with E-state index >= 15 is 0 Å². The van der Waals surface area contributed by atoms with Crippen LogP contribution in [0, 0.1) is 6.92 Å². The molecule has 0 saturated carbocycles. The van der Waals surface area contributed by atoms with Gasteiger partial charge in [0.25, 0.3) is 0 Å². The number of methoxy groups -OCH3 is 2. The summed E-state index contributed by atoms with van der Waals surface area (Å²) in [6.45, 7) is 4.50. The monoisotopic (exact) mass is 306 g/mol. The van der Waals surface area contributed by atoms with Crippen molar-refractivity contribution in [3.63, 3.8) is 0 Å². The number of benzene rings is 1. The van der Waals surface area contributed by atoms with Crippen molar-refractivity contribution in [1.82, 2.24) is 10.3 Å². The van der Waals surface area contributed by atoms with Gasteiger partial charge in [0.2, 0.25) is 0 Å². The van der Waals surface area contributed by atoms with Crippen molar-refractivity contribution in [3.8, 4) is 5.75 Å². The lowest BCUT2D eigenvalue weighted by molar-refractivity contribution is 0.199. The second-order valence-electron chi connectivity index (χ2n) is 4.77. The van der Waals surface area contributed by atoms with Gasteiger partial charge in [0.15, 0.2) is 0 Å². The van der Waals surface area contributed by atoms with Gasteiger partial charge >= 0.3 is 0 Å². The highest BCUT2D eigenvalue weighted by Crippen LogP contribution is 2.25. The van der Waals surface area contributed by atoms with E-state index in [1.807, 2.05) is 18.2 Å². The van der Waals surface area contributed by atoms with Crippen LogP contribution in [0.1, 0.15) is 21.1 Å². The minimum Gasteiger partial charge on any atom is -0.496 e. The number of hydrogen-bond donors (Lipinski definition) is 1. The highest BCUT2D eigenvalue weighted by atomic mass is 32.1. The molecule has 2 aromatic rings. The van der Waals surface area contributed by atoms with Gasteiger partial charge in [-0.15, -0.1) is 11.3 Å². The zero-order valence-corrected chi connectivity index (χ0v) is 13.6. The van der Waals surface area contributed by atoms with Crippen LogP contribution in [0.15, 0.2) is 24.3 Å². The van der Waals surface area contributed by atoms with Crippen LogP contribution in [-0.4, -0.2) is 32.4 Å². The summed E-state index contributed by atoms with van der Waals surface area (Å²) < 4.78 is 10.4. The molecule has 0 atom stereocenters. The fraction of sp³-hybridized carbons (Fsp3) is 0.438. The maximum atomic E-state index is 5.40. The van der Waals surface area contributed by atoms with Gasteiger partial charge in [-0.1, -0.05) is 18.2 Å². The Morgan fingerprint density at radius 2 is 2.05 bits per heavy atom. The molecule has 0 saturated heterocycles. The average Bonchev–Trinajstić information content (AvgIpc) is 2.84. The Balaban J connectivity index is 2.01. The van der Waals surface area contributed by atoms with Crippen LogP contribution in [0.4, 0.5) is 0 Å². The Morgan fingerprint density at radius 3 is 2.81 bits per heavy atom. The highest BCUT2D eigenvalue weighted by Gasteiger charge is 2.10. The van der Waals surface area contributed by atoms with Gasteiger partial charge < -0.3 is 14.8 Å². The molecule has 0 radical (unpaired) electrons. The van der Waals surface area contributed by atoms with Crippen molar-refractivity contribution >= 4 is 11.3 Å². The third kappa shape index (κ3) is 4.52. The molecule has 114 valence electrons. The molecule has 1 heterocycles. The fourth-order valence-electron chi connectivity index (χ4n) is 2.12. The summed E-state index contributed by atoms with van der Waals surface area (Å²) in [7, 11) is 3.42. The summed E-state index contributed by atoms with van der Waals surface area (Å²) in [6, 6.07) is 8.10. The number of rotatable bonds is 8. The zero-order chi connectivity index (χ0) is 15.1. The van der Waals surface area contributed by atoms with E-state index in [1.165, 1.54) is 10.4 Å². The van der Waals surface area contributed by atoms with Crippen molar-refractivity contribution in [1.29, 1.82) is 0 Å². The van der Waals surface area contributed by atoms with E-state index in [0.717, 1.165) is 42.6 Å². The third-order valence-corrected chi connectivity index (χ3v) is 4.40. The molecule has 1 aromatic carbocycles. The molecule has 0 amide bonds. The molecule has 1 N–H and O–H groups in total. The molecule has 0 spiro atoms. The predicted molar refractivity (Wildman–Crippen MR) is 86.2 cm³/mol. The van der Waals surface area contributed by atoms with Gasteiger partial charge in [0, 0.05) is 37.1 Å². The molecule has 0 aliphatic carbocycles. The smallest absolute Gasteiger partial charge is 0.122 e. The van der Waals surface area contributed by atoms with Gasteiger partial charge in [0.1, 0.15) is 5.75 Å². The number of aromatic nitrogens is 1. The largest absolute Gasteiger partial charge is 0.496 e. The lowest BCUT2D eigenvalue weighted by Gasteiger charge is -2.05. The normalized spacial score (nSPS) is 10.8. The van der Waals surface area contributed by atoms with E-state index in [9.17, 15) is 0 Å². The Bertz CT molecular complexity index is 569. The number of nitrogens with zero attached hydrogens (tertiary/aromatic N) is 1. The first-order valence-electron chi connectivity index (χ1n) is 7.01. The molecule has 0 fully saturated rings. The van der Waals surface area contributed by atoms with E-state index in [4.69, 9.17) is 9.47 Å². The molecule has 0 aliphatic rings. The zero-order valence-electron chi connectivity index (χ0n) is 12.8. The summed E-state index contributed by atoms with van der Waals surface area (Å²) in [4.78, 5) is 5.96. The molecule has 2 rings (SSSR count). The Labute approximate surface area is 130 Å². The average molecular weight is 306 g/mol. The summed E-state index contributed by atoms with van der Waals surface area (Å²) >= 11 is 1.76. The quantitative estimate of drug-likeness (QED) is 0.762. The van der Waals surface area contributed by atoms with Gasteiger partial charge in [-0.05, 0) is 13.0 Å². The molecular formula is C16H22N2O2S. The van der Waals surface area contributed by atoms with Crippen molar-refractivity contribution in [3.05, 3.63) is 45.4 Å². The van der Waals surface area contributed by atoms with E-state index in [-0.39, 0.29) is 0 Å². The summed E-state index contributed by atoms with van der Waals surface area (Å²) in [6.07, 6.45) is 0.813. The first-order chi connectivity index (χ1) is 10.2. The second kappa shape index (κ2) is 8.12. The molecule has 5 heteroatoms. The number of hydrogen-bond acceptors (Lipinski definition) is 5. The first kappa shape index (κ1) is 15.9. The van der Waals surface area contributed by atoms with Gasteiger partial charge in [-0.2, -0.15) is 0 Å². The van der Waals surface area contributed by atoms with E-state index in [0.29, 0.717) is 0 Å². The van der Waals surface area contributed by atoms with E-state index in [2.05, 4.69) is 23.3 Å². The maximum absolute atomic E-state index is 5.40. The number of ether oxygens (including phenoxy) is 2. The minimum atomic E-state index is 0.728. The van der Waals surface area contributed by atoms with Crippen LogP contribution >= 0.6 is 11.3 Å². The summed E-state index contributed by atoms with van der Waals surface area (Å²) in [5, 5.41) is 4.49. The van der Waals surface area contributed by atoms with Gasteiger partial charge in [0.05, 0.1) is 24.4 Å². The topological polar surface area (TPSA) is 43.4 Å². The predicted octanol–water partition coefficient (Wildman–Crippen LogP) is 2.79. The van der Waals surface area contributed by atoms with Crippen LogP contribution in [0.3, 0.4) is 0 Å². The van der Waals surface area contributed by atoms with Gasteiger partial charge in [-0.25, -0.2) is 4.98 Å². The lowest BCUT2D eigenvalue weighted by atomic mass is 10.1. The van der Waals surface area contributed by atoms with Crippen LogP contribution in [0.5, 0.6) is 5.75 Å². The van der Waals surface area contributed by atoms with Crippen molar-refractivity contribution in [2.75, 3.05) is 27.4 Å². The van der Waals surface area contributed by atoms with Crippen LogP contribution in [0.2, 0.25) is 0 Å². The standard InChI is InChI=1S/C16H22N2O2S/c1-12-15(11-17-8-9-19-2)21-16(18-12)10-13-6-4-5-7-14(13)20-3/h4-7,17H,8-11H2,1-3H3. The highest BCUT2D eigenvalue weighted by molar-refractivity contribution is 7.11. The number of thiazole rings is 1. The molecule has 0 unspecified atom stereocenters. The van der Waals surface area contributed by atoms with Crippen molar-refractivity contribution in [2.45, 2.75) is 19.9 Å². The fourth-order valence-corrected chi connectivity index (χ4v) is 3.18. The van der Waals surface area contributed by atoms with E-state index < -0.39 is 0 Å². The molecule has 21 heavy (non-hydrogen) atoms. The van der Waals surface area contributed by atoms with Crippen LogP contribution in [-0.2, 0) is 17.7 Å². The molecule has 1 aromatic heterocycles. The first-order valence-corrected chi connectivity index (χ1v) is 7.83. The maximum Gasteiger partial charge on any atom is 0.122 e. The third-order valence-electron chi connectivity index (χ3n) is 3.24.